The molecule has 0 radical (unpaired) electrons. The minimum Gasteiger partial charge on any atom is -0.472 e. The molecule has 0 saturated carbocycles. The molecule has 33 heavy (non-hydrogen) atoms. The summed E-state index contributed by atoms with van der Waals surface area (Å²) in [4.78, 5) is 22.3. The van der Waals surface area contributed by atoms with Crippen molar-refractivity contribution in [2.45, 2.75) is 70.6 Å². The summed E-state index contributed by atoms with van der Waals surface area (Å²) in [7, 11) is 0. The van der Waals surface area contributed by atoms with Crippen LogP contribution in [0, 0.1) is 5.41 Å². The quantitative estimate of drug-likeness (QED) is 0.357. The summed E-state index contributed by atoms with van der Waals surface area (Å²) >= 11 is 0. The van der Waals surface area contributed by atoms with E-state index in [0.29, 0.717) is 35.8 Å². The van der Waals surface area contributed by atoms with E-state index in [2.05, 4.69) is 23.7 Å². The maximum Gasteiger partial charge on any atom is 0.274 e. The molecule has 7 heteroatoms. The van der Waals surface area contributed by atoms with E-state index >= 15 is 0 Å². The second kappa shape index (κ2) is 10.3. The third-order valence-electron chi connectivity index (χ3n) is 6.88. The number of amides is 1. The summed E-state index contributed by atoms with van der Waals surface area (Å²) in [6, 6.07) is 14.2. The first-order valence-electron chi connectivity index (χ1n) is 12.1. The Bertz CT molecular complexity index is 984. The minimum absolute atomic E-state index is 0.125. The molecule has 0 aliphatic carbocycles. The summed E-state index contributed by atoms with van der Waals surface area (Å²) in [6.45, 7) is 6.45. The highest BCUT2D eigenvalue weighted by Crippen LogP contribution is 2.38. The van der Waals surface area contributed by atoms with Gasteiger partial charge in [0.1, 0.15) is 17.3 Å². The minimum atomic E-state index is -0.839. The lowest BCUT2D eigenvalue weighted by Crippen LogP contribution is -2.44. The summed E-state index contributed by atoms with van der Waals surface area (Å²) in [6.07, 6.45) is 6.24. The van der Waals surface area contributed by atoms with Crippen molar-refractivity contribution in [3.8, 4) is 5.75 Å². The monoisotopic (exact) mass is 449 g/mol. The third kappa shape index (κ3) is 5.19. The number of benzene rings is 1. The molecule has 7 nitrogen and oxygen atoms in total. The van der Waals surface area contributed by atoms with E-state index in [1.165, 1.54) is 19.3 Å². The first-order chi connectivity index (χ1) is 16.0. The van der Waals surface area contributed by atoms with Crippen LogP contribution in [-0.2, 0) is 4.79 Å². The SMILES string of the molecule is C[C@@H]1CCC[C@H](C)N1CCCCCN1C(=O)C(c2cccc(C(=N)N)n2)Oc2ccccc21. The van der Waals surface area contributed by atoms with Gasteiger partial charge in [-0.05, 0) is 70.3 Å². The van der Waals surface area contributed by atoms with E-state index in [-0.39, 0.29) is 11.7 Å². The molecule has 2 aliphatic rings. The van der Waals surface area contributed by atoms with Gasteiger partial charge in [0, 0.05) is 18.6 Å². The molecule has 0 bridgehead atoms. The number of hydrogen-bond acceptors (Lipinski definition) is 5. The second-order valence-corrected chi connectivity index (χ2v) is 9.24. The Kier molecular flexibility index (Phi) is 7.28. The van der Waals surface area contributed by atoms with E-state index in [4.69, 9.17) is 15.9 Å². The number of aromatic nitrogens is 1. The maximum absolute atomic E-state index is 13.4. The summed E-state index contributed by atoms with van der Waals surface area (Å²) in [5.74, 6) is 0.419. The molecule has 2 aromatic rings. The number of para-hydroxylation sites is 2. The van der Waals surface area contributed by atoms with Crippen LogP contribution in [0.3, 0.4) is 0 Å². The second-order valence-electron chi connectivity index (χ2n) is 9.24. The van der Waals surface area contributed by atoms with E-state index in [1.807, 2.05) is 29.2 Å². The van der Waals surface area contributed by atoms with E-state index in [9.17, 15) is 4.79 Å². The molecule has 3 atom stereocenters. The van der Waals surface area contributed by atoms with Crippen molar-refractivity contribution >= 4 is 17.4 Å². The molecule has 1 fully saturated rings. The van der Waals surface area contributed by atoms with Gasteiger partial charge in [-0.2, -0.15) is 0 Å². The zero-order valence-electron chi connectivity index (χ0n) is 19.7. The number of nitrogens with two attached hydrogens (primary N) is 1. The molecule has 0 spiro atoms. The number of anilines is 1. The first-order valence-corrected chi connectivity index (χ1v) is 12.1. The molecule has 2 aliphatic heterocycles. The molecule has 1 saturated heterocycles. The lowest BCUT2D eigenvalue weighted by atomic mass is 9.97. The van der Waals surface area contributed by atoms with Crippen LogP contribution in [0.2, 0.25) is 0 Å². The summed E-state index contributed by atoms with van der Waals surface area (Å²) in [5, 5.41) is 7.66. The van der Waals surface area contributed by atoms with Gasteiger partial charge in [-0.25, -0.2) is 4.98 Å². The molecular formula is C26H35N5O2. The lowest BCUT2D eigenvalue weighted by molar-refractivity contribution is -0.126. The average molecular weight is 450 g/mol. The van der Waals surface area contributed by atoms with E-state index < -0.39 is 6.10 Å². The predicted octanol–water partition coefficient (Wildman–Crippen LogP) is 4.27. The fraction of sp³-hybridized carbons (Fsp3) is 0.500. The van der Waals surface area contributed by atoms with Crippen LogP contribution in [0.5, 0.6) is 5.75 Å². The highest BCUT2D eigenvalue weighted by atomic mass is 16.5. The fourth-order valence-corrected chi connectivity index (χ4v) is 5.04. The van der Waals surface area contributed by atoms with Gasteiger partial charge in [-0.3, -0.25) is 15.1 Å². The zero-order valence-corrected chi connectivity index (χ0v) is 19.7. The van der Waals surface area contributed by atoms with Gasteiger partial charge in [-0.1, -0.05) is 31.0 Å². The topological polar surface area (TPSA) is 95.5 Å². The van der Waals surface area contributed by atoms with Gasteiger partial charge in [0.15, 0.2) is 0 Å². The van der Waals surface area contributed by atoms with Crippen molar-refractivity contribution in [1.29, 1.82) is 5.41 Å². The molecule has 3 N–H and O–H groups in total. The molecule has 176 valence electrons. The number of piperidine rings is 1. The zero-order chi connectivity index (χ0) is 23.4. The Morgan fingerprint density at radius 1 is 1.06 bits per heavy atom. The largest absolute Gasteiger partial charge is 0.472 e. The number of carbonyl (C=O) groups is 1. The number of rotatable bonds is 8. The Morgan fingerprint density at radius 2 is 1.79 bits per heavy atom. The smallest absolute Gasteiger partial charge is 0.274 e. The predicted molar refractivity (Wildman–Crippen MR) is 131 cm³/mol. The standard InChI is InChI=1S/C26H35N5O2/c1-18-10-8-11-19(2)30(18)16-6-3-7-17-31-22-14-4-5-15-23(22)33-24(26(31)32)20-12-9-13-21(29-20)25(27)28/h4-5,9,12-15,18-19,24H,3,6-8,10-11,16-17H2,1-2H3,(H3,27,28)/t18-,19+,24?. The number of pyridine rings is 1. The number of carbonyl (C=O) groups excluding carboxylic acids is 1. The van der Waals surface area contributed by atoms with Gasteiger partial charge >= 0.3 is 0 Å². The number of unbranched alkanes of at least 4 members (excludes halogenated alkanes) is 2. The number of nitrogens with one attached hydrogen (secondary N) is 1. The van der Waals surface area contributed by atoms with Crippen LogP contribution < -0.4 is 15.4 Å². The van der Waals surface area contributed by atoms with Crippen LogP contribution in [0.15, 0.2) is 42.5 Å². The molecule has 1 unspecified atom stereocenters. The Hall–Kier alpha value is -2.93. The van der Waals surface area contributed by atoms with E-state index in [1.54, 1.807) is 18.2 Å². The molecule has 1 amide bonds. The average Bonchev–Trinajstić information content (AvgIpc) is 2.81. The number of likely N-dealkylation sites (tertiary alicyclic amines) is 1. The normalized spacial score (nSPS) is 23.2. The van der Waals surface area contributed by atoms with Crippen LogP contribution in [0.4, 0.5) is 5.69 Å². The Balaban J connectivity index is 1.42. The van der Waals surface area contributed by atoms with Crippen molar-refractivity contribution in [3.63, 3.8) is 0 Å². The number of nitrogens with zero attached hydrogens (tertiary/aromatic N) is 3. The summed E-state index contributed by atoms with van der Waals surface area (Å²) in [5.41, 5.74) is 7.22. The van der Waals surface area contributed by atoms with Gasteiger partial charge in [0.25, 0.3) is 5.91 Å². The van der Waals surface area contributed by atoms with Crippen LogP contribution in [0.1, 0.15) is 69.9 Å². The van der Waals surface area contributed by atoms with Crippen molar-refractivity contribution in [1.82, 2.24) is 9.88 Å². The van der Waals surface area contributed by atoms with Crippen LogP contribution >= 0.6 is 0 Å². The van der Waals surface area contributed by atoms with Crippen LogP contribution in [0.25, 0.3) is 0 Å². The van der Waals surface area contributed by atoms with Crippen molar-refractivity contribution in [3.05, 3.63) is 53.9 Å². The number of ether oxygens (including phenoxy) is 1. The molecule has 4 rings (SSSR count). The van der Waals surface area contributed by atoms with E-state index in [0.717, 1.165) is 31.5 Å². The number of amidine groups is 1. The third-order valence-corrected chi connectivity index (χ3v) is 6.88. The van der Waals surface area contributed by atoms with Gasteiger partial charge in [0.05, 0.1) is 11.4 Å². The highest BCUT2D eigenvalue weighted by Gasteiger charge is 2.36. The van der Waals surface area contributed by atoms with Crippen molar-refractivity contribution in [2.75, 3.05) is 18.0 Å². The first kappa shape index (κ1) is 23.2. The number of nitrogen functional groups attached to an aromatic ring is 1. The number of hydrogen-bond donors (Lipinski definition) is 2. The van der Waals surface area contributed by atoms with Crippen molar-refractivity contribution in [2.24, 2.45) is 5.73 Å². The maximum atomic E-state index is 13.4. The highest BCUT2D eigenvalue weighted by molar-refractivity contribution is 6.00. The lowest BCUT2D eigenvalue weighted by Gasteiger charge is -2.39. The fourth-order valence-electron chi connectivity index (χ4n) is 5.04. The molecule has 1 aromatic carbocycles. The van der Waals surface area contributed by atoms with Gasteiger partial charge in [-0.15, -0.1) is 0 Å². The Labute approximate surface area is 196 Å². The Morgan fingerprint density at radius 3 is 2.55 bits per heavy atom. The summed E-state index contributed by atoms with van der Waals surface area (Å²) < 4.78 is 6.05. The van der Waals surface area contributed by atoms with Gasteiger partial charge < -0.3 is 15.4 Å². The van der Waals surface area contributed by atoms with Crippen molar-refractivity contribution < 1.29 is 9.53 Å². The van der Waals surface area contributed by atoms with Crippen LogP contribution in [-0.4, -0.2) is 46.8 Å². The van der Waals surface area contributed by atoms with Gasteiger partial charge in [0.2, 0.25) is 6.10 Å². The number of fused-ring (bicyclic) bond motifs is 1. The molecular weight excluding hydrogens is 414 g/mol. The molecule has 1 aromatic heterocycles. The molecule has 3 heterocycles.